The molecule has 1 aliphatic rings. The quantitative estimate of drug-likeness (QED) is 0.728. The Hall–Kier alpha value is -1.29. The first-order valence-corrected chi connectivity index (χ1v) is 5.36. The second kappa shape index (κ2) is 4.06. The Morgan fingerprint density at radius 3 is 3.07 bits per heavy atom. The topological polar surface area (TPSA) is 62.4 Å². The molecule has 1 fully saturated rings. The summed E-state index contributed by atoms with van der Waals surface area (Å²) >= 11 is 0. The Morgan fingerprint density at radius 1 is 1.53 bits per heavy atom. The molecule has 0 radical (unpaired) electrons. The van der Waals surface area contributed by atoms with E-state index < -0.39 is 0 Å². The van der Waals surface area contributed by atoms with E-state index in [-0.39, 0.29) is 6.23 Å². The lowest BCUT2D eigenvalue weighted by Gasteiger charge is -2.35. The molecule has 0 aliphatic carbocycles. The maximum absolute atomic E-state index is 9.90. The van der Waals surface area contributed by atoms with E-state index in [1.807, 2.05) is 17.9 Å². The second-order valence-corrected chi connectivity index (χ2v) is 4.01. The summed E-state index contributed by atoms with van der Waals surface area (Å²) in [6.07, 6.45) is 4.37. The third-order valence-corrected chi connectivity index (χ3v) is 2.99. The van der Waals surface area contributed by atoms with Crippen molar-refractivity contribution >= 4 is 11.5 Å². The van der Waals surface area contributed by atoms with Gasteiger partial charge in [-0.3, -0.25) is 0 Å². The third kappa shape index (κ3) is 1.90. The van der Waals surface area contributed by atoms with Crippen LogP contribution in [0.3, 0.4) is 0 Å². The molecule has 0 saturated carbocycles. The van der Waals surface area contributed by atoms with Gasteiger partial charge in [0.1, 0.15) is 12.0 Å². The molecule has 1 aliphatic heterocycles. The van der Waals surface area contributed by atoms with Gasteiger partial charge in [-0.15, -0.1) is 0 Å². The number of piperidine rings is 1. The lowest BCUT2D eigenvalue weighted by molar-refractivity contribution is 0.140. The average Bonchev–Trinajstić information content (AvgIpc) is 2.23. The number of nitrogen functional groups attached to an aromatic ring is 1. The fourth-order valence-corrected chi connectivity index (χ4v) is 2.05. The molecule has 15 heavy (non-hydrogen) atoms. The zero-order chi connectivity index (χ0) is 10.8. The van der Waals surface area contributed by atoms with Crippen LogP contribution < -0.4 is 10.6 Å². The summed E-state index contributed by atoms with van der Waals surface area (Å²) in [5.74, 6) is 0.547. The highest BCUT2D eigenvalue weighted by molar-refractivity contribution is 5.61. The van der Waals surface area contributed by atoms with Gasteiger partial charge in [0.2, 0.25) is 0 Å². The molecule has 4 heteroatoms. The summed E-state index contributed by atoms with van der Waals surface area (Å²) < 4.78 is 0. The highest BCUT2D eigenvalue weighted by atomic mass is 16.3. The molecule has 1 unspecified atom stereocenters. The molecule has 0 spiro atoms. The van der Waals surface area contributed by atoms with E-state index in [0.717, 1.165) is 37.1 Å². The van der Waals surface area contributed by atoms with Crippen molar-refractivity contribution in [1.82, 2.24) is 4.98 Å². The normalized spacial score (nSPS) is 21.7. The number of aromatic nitrogens is 1. The van der Waals surface area contributed by atoms with Crippen LogP contribution in [0.2, 0.25) is 0 Å². The van der Waals surface area contributed by atoms with E-state index in [2.05, 4.69) is 4.98 Å². The van der Waals surface area contributed by atoms with Gasteiger partial charge < -0.3 is 15.7 Å². The highest BCUT2D eigenvalue weighted by Gasteiger charge is 2.21. The fourth-order valence-electron chi connectivity index (χ4n) is 2.05. The van der Waals surface area contributed by atoms with Crippen LogP contribution in [0.25, 0.3) is 0 Å². The molecule has 3 N–H and O–H groups in total. The molecule has 1 atom stereocenters. The van der Waals surface area contributed by atoms with Crippen LogP contribution in [0, 0.1) is 6.92 Å². The molecule has 0 bridgehead atoms. The highest BCUT2D eigenvalue weighted by Crippen LogP contribution is 2.28. The first kappa shape index (κ1) is 10.2. The van der Waals surface area contributed by atoms with Crippen molar-refractivity contribution in [3.05, 3.63) is 17.8 Å². The van der Waals surface area contributed by atoms with Crippen molar-refractivity contribution in [2.75, 3.05) is 17.2 Å². The van der Waals surface area contributed by atoms with Gasteiger partial charge in [0.25, 0.3) is 0 Å². The molecule has 2 heterocycles. The van der Waals surface area contributed by atoms with Crippen LogP contribution in [0.15, 0.2) is 12.3 Å². The summed E-state index contributed by atoms with van der Waals surface area (Å²) in [6.45, 7) is 2.84. The minimum Gasteiger partial charge on any atom is -0.383 e. The van der Waals surface area contributed by atoms with Crippen LogP contribution in [0.4, 0.5) is 11.5 Å². The molecule has 2 rings (SSSR count). The van der Waals surface area contributed by atoms with Crippen molar-refractivity contribution < 1.29 is 5.11 Å². The number of hydrogen-bond acceptors (Lipinski definition) is 4. The molecule has 0 amide bonds. The zero-order valence-corrected chi connectivity index (χ0v) is 8.98. The first-order valence-electron chi connectivity index (χ1n) is 5.36. The monoisotopic (exact) mass is 207 g/mol. The zero-order valence-electron chi connectivity index (χ0n) is 8.98. The lowest BCUT2D eigenvalue weighted by Crippen LogP contribution is -2.39. The van der Waals surface area contributed by atoms with Crippen LogP contribution >= 0.6 is 0 Å². The van der Waals surface area contributed by atoms with Crippen molar-refractivity contribution in [3.63, 3.8) is 0 Å². The number of rotatable bonds is 1. The maximum Gasteiger partial charge on any atom is 0.128 e. The minimum atomic E-state index is -0.376. The fraction of sp³-hybridized carbons (Fsp3) is 0.545. The van der Waals surface area contributed by atoms with Crippen molar-refractivity contribution in [1.29, 1.82) is 0 Å². The SMILES string of the molecule is Cc1c(N2CCCCC2O)ccnc1N. The molecule has 82 valence electrons. The second-order valence-electron chi connectivity index (χ2n) is 4.01. The Kier molecular flexibility index (Phi) is 2.77. The third-order valence-electron chi connectivity index (χ3n) is 2.99. The molecule has 1 saturated heterocycles. The number of nitrogens with zero attached hydrogens (tertiary/aromatic N) is 2. The Morgan fingerprint density at radius 2 is 2.33 bits per heavy atom. The maximum atomic E-state index is 9.90. The number of hydrogen-bond donors (Lipinski definition) is 2. The van der Waals surface area contributed by atoms with E-state index in [4.69, 9.17) is 5.73 Å². The molecular formula is C11H17N3O. The minimum absolute atomic E-state index is 0.376. The number of nitrogens with two attached hydrogens (primary N) is 1. The van der Waals surface area contributed by atoms with E-state index in [1.54, 1.807) is 6.20 Å². The van der Waals surface area contributed by atoms with Crippen LogP contribution in [0.5, 0.6) is 0 Å². The van der Waals surface area contributed by atoms with Crippen molar-refractivity contribution in [3.8, 4) is 0 Å². The predicted molar refractivity (Wildman–Crippen MR) is 60.6 cm³/mol. The largest absolute Gasteiger partial charge is 0.383 e. The van der Waals surface area contributed by atoms with E-state index in [9.17, 15) is 5.11 Å². The van der Waals surface area contributed by atoms with Crippen molar-refractivity contribution in [2.45, 2.75) is 32.4 Å². The van der Waals surface area contributed by atoms with Gasteiger partial charge in [-0.25, -0.2) is 4.98 Å². The molecule has 0 aromatic carbocycles. The van der Waals surface area contributed by atoms with Gasteiger partial charge in [0.05, 0.1) is 0 Å². The van der Waals surface area contributed by atoms with Gasteiger partial charge in [-0.2, -0.15) is 0 Å². The summed E-state index contributed by atoms with van der Waals surface area (Å²) in [5, 5.41) is 9.90. The van der Waals surface area contributed by atoms with Crippen molar-refractivity contribution in [2.24, 2.45) is 0 Å². The Labute approximate surface area is 89.7 Å². The molecular weight excluding hydrogens is 190 g/mol. The van der Waals surface area contributed by atoms with Gasteiger partial charge in [0.15, 0.2) is 0 Å². The number of anilines is 2. The lowest BCUT2D eigenvalue weighted by atomic mass is 10.1. The Bertz CT molecular complexity index is 354. The molecule has 1 aromatic heterocycles. The van der Waals surface area contributed by atoms with Gasteiger partial charge in [-0.1, -0.05) is 0 Å². The number of aliphatic hydroxyl groups is 1. The Balaban J connectivity index is 2.31. The average molecular weight is 207 g/mol. The first-order chi connectivity index (χ1) is 7.20. The van der Waals surface area contributed by atoms with Gasteiger partial charge >= 0.3 is 0 Å². The van der Waals surface area contributed by atoms with E-state index in [0.29, 0.717) is 5.82 Å². The summed E-state index contributed by atoms with van der Waals surface area (Å²) in [4.78, 5) is 6.04. The van der Waals surface area contributed by atoms with Crippen LogP contribution in [-0.2, 0) is 0 Å². The van der Waals surface area contributed by atoms with Crippen LogP contribution in [-0.4, -0.2) is 22.9 Å². The standard InChI is InChI=1S/C11H17N3O/c1-8-9(5-6-13-11(8)12)14-7-3-2-4-10(14)15/h5-6,10,15H,2-4,7H2,1H3,(H2,12,13). The summed E-state index contributed by atoms with van der Waals surface area (Å²) in [7, 11) is 0. The van der Waals surface area contributed by atoms with E-state index >= 15 is 0 Å². The predicted octanol–water partition coefficient (Wildman–Crippen LogP) is 1.28. The number of aliphatic hydroxyl groups excluding tert-OH is 1. The number of pyridine rings is 1. The van der Waals surface area contributed by atoms with Gasteiger partial charge in [-0.05, 0) is 32.3 Å². The summed E-state index contributed by atoms with van der Waals surface area (Å²) in [5.41, 5.74) is 7.72. The van der Waals surface area contributed by atoms with E-state index in [1.165, 1.54) is 0 Å². The molecule has 1 aromatic rings. The smallest absolute Gasteiger partial charge is 0.128 e. The molecule has 4 nitrogen and oxygen atoms in total. The van der Waals surface area contributed by atoms with Crippen LogP contribution in [0.1, 0.15) is 24.8 Å². The summed E-state index contributed by atoms with van der Waals surface area (Å²) in [6, 6.07) is 1.92. The van der Waals surface area contributed by atoms with Gasteiger partial charge in [0, 0.05) is 24.0 Å².